The third kappa shape index (κ3) is 7.72. The van der Waals surface area contributed by atoms with Gasteiger partial charge in [0.05, 0.1) is 5.69 Å². The average Bonchev–Trinajstić information content (AvgIpc) is 3.14. The molecule has 1 saturated heterocycles. The van der Waals surface area contributed by atoms with Crippen molar-refractivity contribution in [1.29, 1.82) is 0 Å². The van der Waals surface area contributed by atoms with Crippen LogP contribution in [0.3, 0.4) is 0 Å². The molecule has 1 aromatic heterocycles. The van der Waals surface area contributed by atoms with Crippen molar-refractivity contribution in [3.8, 4) is 0 Å². The summed E-state index contributed by atoms with van der Waals surface area (Å²) in [6, 6.07) is 2.00. The lowest BCUT2D eigenvalue weighted by Gasteiger charge is -2.36. The van der Waals surface area contributed by atoms with Crippen LogP contribution >= 0.6 is 24.0 Å². The van der Waals surface area contributed by atoms with Crippen LogP contribution in [0.25, 0.3) is 0 Å². The Morgan fingerprint density at radius 3 is 2.53 bits per heavy atom. The second-order valence-electron chi connectivity index (χ2n) is 8.51. The number of hydrogen-bond acceptors (Lipinski definition) is 5. The van der Waals surface area contributed by atoms with Gasteiger partial charge in [0.15, 0.2) is 5.96 Å². The molecule has 3 rings (SSSR count). The minimum absolute atomic E-state index is 0. The number of nitrogens with one attached hydrogen (secondary N) is 1. The highest BCUT2D eigenvalue weighted by Crippen LogP contribution is 2.22. The van der Waals surface area contributed by atoms with Crippen LogP contribution in [0.2, 0.25) is 0 Å². The van der Waals surface area contributed by atoms with Gasteiger partial charge in [-0.2, -0.15) is 0 Å². The van der Waals surface area contributed by atoms with Crippen LogP contribution in [0, 0.1) is 12.8 Å². The van der Waals surface area contributed by atoms with Crippen molar-refractivity contribution >= 4 is 35.8 Å². The molecule has 1 N–H and O–H groups in total. The summed E-state index contributed by atoms with van der Waals surface area (Å²) >= 11 is 0. The van der Waals surface area contributed by atoms with Gasteiger partial charge in [0.1, 0.15) is 12.3 Å². The van der Waals surface area contributed by atoms with E-state index in [-0.39, 0.29) is 36.4 Å². The van der Waals surface area contributed by atoms with Crippen molar-refractivity contribution in [2.75, 3.05) is 53.4 Å². The zero-order valence-corrected chi connectivity index (χ0v) is 20.9. The summed E-state index contributed by atoms with van der Waals surface area (Å²) in [5.74, 6) is 2.48. The van der Waals surface area contributed by atoms with Crippen LogP contribution < -0.4 is 5.32 Å². The van der Waals surface area contributed by atoms with Crippen LogP contribution in [0.1, 0.15) is 43.6 Å². The molecule has 0 unspecified atom stereocenters. The maximum Gasteiger partial charge on any atom is 0.243 e. The van der Waals surface area contributed by atoms with Gasteiger partial charge in [-0.3, -0.25) is 9.69 Å². The van der Waals surface area contributed by atoms with Gasteiger partial charge in [-0.05, 0) is 25.7 Å². The lowest BCUT2D eigenvalue weighted by molar-refractivity contribution is -0.127. The van der Waals surface area contributed by atoms with Crippen LogP contribution in [0.15, 0.2) is 15.6 Å². The Labute approximate surface area is 197 Å². The Morgan fingerprint density at radius 1 is 1.23 bits per heavy atom. The molecular weight excluding hydrogens is 495 g/mol. The van der Waals surface area contributed by atoms with Crippen LogP contribution in [0.4, 0.5) is 0 Å². The Kier molecular flexibility index (Phi) is 10.4. The molecule has 0 aromatic carbocycles. The van der Waals surface area contributed by atoms with Crippen LogP contribution in [0.5, 0.6) is 0 Å². The van der Waals surface area contributed by atoms with Gasteiger partial charge in [-0.25, -0.2) is 4.99 Å². The molecule has 1 saturated carbocycles. The van der Waals surface area contributed by atoms with Gasteiger partial charge in [-0.15, -0.1) is 24.0 Å². The summed E-state index contributed by atoms with van der Waals surface area (Å²) in [6.45, 7) is 7.55. The van der Waals surface area contributed by atoms with Crippen molar-refractivity contribution in [3.05, 3.63) is 17.5 Å². The number of likely N-dealkylation sites (N-methyl/N-ethyl adjacent to an activating group) is 1. The zero-order chi connectivity index (χ0) is 20.6. The Morgan fingerprint density at radius 2 is 1.93 bits per heavy atom. The normalized spacial score (nSPS) is 18.8. The lowest BCUT2D eigenvalue weighted by atomic mass is 9.89. The summed E-state index contributed by atoms with van der Waals surface area (Å²) in [5, 5.41) is 7.68. The maximum atomic E-state index is 12.0. The molecule has 0 atom stereocenters. The van der Waals surface area contributed by atoms with Gasteiger partial charge in [-0.1, -0.05) is 24.4 Å². The Hall–Kier alpha value is -1.36. The first kappa shape index (κ1) is 24.9. The van der Waals surface area contributed by atoms with Gasteiger partial charge >= 0.3 is 0 Å². The van der Waals surface area contributed by atoms with E-state index in [0.717, 1.165) is 62.6 Å². The molecule has 8 nitrogen and oxygen atoms in total. The molecule has 2 heterocycles. The van der Waals surface area contributed by atoms with Gasteiger partial charge < -0.3 is 19.6 Å². The first-order valence-corrected chi connectivity index (χ1v) is 10.9. The number of nitrogens with zero attached hydrogens (tertiary/aromatic N) is 5. The Balaban J connectivity index is 0.00000320. The van der Waals surface area contributed by atoms with Gasteiger partial charge in [0, 0.05) is 59.4 Å². The molecule has 170 valence electrons. The molecule has 2 aliphatic rings. The summed E-state index contributed by atoms with van der Waals surface area (Å²) in [5.41, 5.74) is 0.983. The highest BCUT2D eigenvalue weighted by atomic mass is 127. The summed E-state index contributed by atoms with van der Waals surface area (Å²) < 4.78 is 5.18. The number of carbonyl (C=O) groups is 1. The molecule has 1 aromatic rings. The molecule has 0 radical (unpaired) electrons. The van der Waals surface area contributed by atoms with Gasteiger partial charge in [0.2, 0.25) is 5.91 Å². The highest BCUT2D eigenvalue weighted by molar-refractivity contribution is 14.0. The minimum Gasteiger partial charge on any atom is -0.361 e. The van der Waals surface area contributed by atoms with E-state index in [9.17, 15) is 4.79 Å². The smallest absolute Gasteiger partial charge is 0.243 e. The first-order chi connectivity index (χ1) is 14.0. The van der Waals surface area contributed by atoms with E-state index in [0.29, 0.717) is 0 Å². The summed E-state index contributed by atoms with van der Waals surface area (Å²) in [7, 11) is 3.55. The SMILES string of the molecule is Cc1cc(CN2CCN(C(=NCC(=O)N(C)C)NCC3CCCCC3)CC2)no1.I. The predicted octanol–water partition coefficient (Wildman–Crippen LogP) is 2.33. The summed E-state index contributed by atoms with van der Waals surface area (Å²) in [4.78, 5) is 23.0. The van der Waals surface area contributed by atoms with E-state index >= 15 is 0 Å². The number of carbonyl (C=O) groups excluding carboxylic acids is 1. The summed E-state index contributed by atoms with van der Waals surface area (Å²) in [6.07, 6.45) is 6.61. The fourth-order valence-electron chi connectivity index (χ4n) is 4.02. The number of aliphatic imine (C=N–C) groups is 1. The molecular formula is C21H37IN6O2. The number of halogens is 1. The molecule has 2 fully saturated rings. The first-order valence-electron chi connectivity index (χ1n) is 10.9. The topological polar surface area (TPSA) is 77.2 Å². The van der Waals surface area contributed by atoms with E-state index in [2.05, 4.69) is 25.3 Å². The maximum absolute atomic E-state index is 12.0. The number of aryl methyl sites for hydroxylation is 1. The van der Waals surface area contributed by atoms with E-state index in [1.807, 2.05) is 13.0 Å². The molecule has 1 aliphatic heterocycles. The number of aromatic nitrogens is 1. The van der Waals surface area contributed by atoms with Crippen LogP contribution in [-0.2, 0) is 11.3 Å². The van der Waals surface area contributed by atoms with Gasteiger partial charge in [0.25, 0.3) is 0 Å². The quantitative estimate of drug-likeness (QED) is 0.345. The zero-order valence-electron chi connectivity index (χ0n) is 18.6. The number of amides is 1. The van der Waals surface area contributed by atoms with Crippen molar-refractivity contribution < 1.29 is 9.32 Å². The highest BCUT2D eigenvalue weighted by Gasteiger charge is 2.22. The largest absolute Gasteiger partial charge is 0.361 e. The monoisotopic (exact) mass is 532 g/mol. The molecule has 1 amide bonds. The second kappa shape index (κ2) is 12.5. The number of rotatable bonds is 6. The fraction of sp³-hybridized carbons (Fsp3) is 0.762. The predicted molar refractivity (Wildman–Crippen MR) is 129 cm³/mol. The van der Waals surface area contributed by atoms with Crippen LogP contribution in [-0.4, -0.2) is 85.1 Å². The Bertz CT molecular complexity index is 679. The fourth-order valence-corrected chi connectivity index (χ4v) is 4.02. The third-order valence-corrected chi connectivity index (χ3v) is 5.87. The third-order valence-electron chi connectivity index (χ3n) is 5.87. The molecule has 1 aliphatic carbocycles. The van der Waals surface area contributed by atoms with E-state index in [1.165, 1.54) is 32.1 Å². The van der Waals surface area contributed by atoms with Crippen molar-refractivity contribution in [1.82, 2.24) is 25.2 Å². The average molecular weight is 532 g/mol. The number of hydrogen-bond donors (Lipinski definition) is 1. The molecule has 30 heavy (non-hydrogen) atoms. The van der Waals surface area contributed by atoms with E-state index < -0.39 is 0 Å². The van der Waals surface area contributed by atoms with Crippen molar-refractivity contribution in [2.45, 2.75) is 45.6 Å². The van der Waals surface area contributed by atoms with Crippen molar-refractivity contribution in [3.63, 3.8) is 0 Å². The lowest BCUT2D eigenvalue weighted by Crippen LogP contribution is -2.53. The van der Waals surface area contributed by atoms with E-state index in [4.69, 9.17) is 4.52 Å². The molecule has 0 bridgehead atoms. The molecule has 0 spiro atoms. The number of guanidine groups is 1. The van der Waals surface area contributed by atoms with E-state index in [1.54, 1.807) is 19.0 Å². The second-order valence-corrected chi connectivity index (χ2v) is 8.51. The number of piperazine rings is 1. The van der Waals surface area contributed by atoms with Crippen molar-refractivity contribution in [2.24, 2.45) is 10.9 Å². The molecule has 9 heteroatoms. The minimum atomic E-state index is 0. The standard InChI is InChI=1S/C21H36N6O2.HI/c1-17-13-19(24-29-17)16-26-9-11-27(12-10-26)21(23-15-20(28)25(2)3)22-14-18-7-5-4-6-8-18;/h13,18H,4-12,14-16H2,1-3H3,(H,22,23);1H.